The van der Waals surface area contributed by atoms with E-state index in [9.17, 15) is 4.79 Å². The Kier molecular flexibility index (Phi) is 5.44. The quantitative estimate of drug-likeness (QED) is 0.835. The minimum absolute atomic E-state index is 0.00782. The third-order valence-corrected chi connectivity index (χ3v) is 3.84. The molecule has 1 saturated heterocycles. The van der Waals surface area contributed by atoms with Gasteiger partial charge in [0.05, 0.1) is 26.4 Å². The molecule has 0 spiro atoms. The molecular weight excluding hydrogens is 270 g/mol. The zero-order valence-corrected chi connectivity index (χ0v) is 12.9. The van der Waals surface area contributed by atoms with Crippen molar-refractivity contribution in [3.63, 3.8) is 0 Å². The number of amides is 1. The molecule has 2 rings (SSSR count). The van der Waals surface area contributed by atoms with Gasteiger partial charge in [-0.1, -0.05) is 6.07 Å². The summed E-state index contributed by atoms with van der Waals surface area (Å²) in [7, 11) is 4.83. The summed E-state index contributed by atoms with van der Waals surface area (Å²) in [6.07, 6.45) is 2.11. The average Bonchev–Trinajstić information content (AvgIpc) is 2.53. The van der Waals surface area contributed by atoms with Crippen molar-refractivity contribution in [2.45, 2.75) is 12.8 Å². The molecule has 0 bridgehead atoms. The average molecular weight is 293 g/mol. The Morgan fingerprint density at radius 2 is 2.10 bits per heavy atom. The molecule has 0 aromatic heterocycles. The number of benzene rings is 1. The molecule has 1 aliphatic heterocycles. The largest absolute Gasteiger partial charge is 0.493 e. The van der Waals surface area contributed by atoms with Crippen LogP contribution in [0.3, 0.4) is 0 Å². The number of carbonyl (C=O) groups is 1. The maximum Gasteiger partial charge on any atom is 0.257 e. The molecule has 5 heteroatoms. The molecule has 5 nitrogen and oxygen atoms in total. The number of methoxy groups -OCH3 is 3. The van der Waals surface area contributed by atoms with Gasteiger partial charge in [-0.2, -0.15) is 0 Å². The van der Waals surface area contributed by atoms with Crippen LogP contribution in [0.1, 0.15) is 23.2 Å². The van der Waals surface area contributed by atoms with Crippen molar-refractivity contribution in [1.29, 1.82) is 0 Å². The Labute approximate surface area is 125 Å². The van der Waals surface area contributed by atoms with Crippen LogP contribution in [0.5, 0.6) is 11.5 Å². The maximum absolute atomic E-state index is 12.7. The molecule has 1 unspecified atom stereocenters. The number of para-hydroxylation sites is 1. The fourth-order valence-corrected chi connectivity index (χ4v) is 2.85. The lowest BCUT2D eigenvalue weighted by Gasteiger charge is -2.32. The highest BCUT2D eigenvalue weighted by Gasteiger charge is 2.27. The number of hydrogen-bond donors (Lipinski definition) is 0. The second-order valence-electron chi connectivity index (χ2n) is 5.26. The van der Waals surface area contributed by atoms with Gasteiger partial charge in [0.15, 0.2) is 11.5 Å². The first-order valence-electron chi connectivity index (χ1n) is 7.20. The molecular formula is C16H23NO4. The first-order chi connectivity index (χ1) is 10.2. The number of hydrogen-bond acceptors (Lipinski definition) is 4. The zero-order chi connectivity index (χ0) is 15.2. The highest BCUT2D eigenvalue weighted by molar-refractivity contribution is 5.97. The highest BCUT2D eigenvalue weighted by atomic mass is 16.5. The van der Waals surface area contributed by atoms with E-state index >= 15 is 0 Å². The Balaban J connectivity index is 2.19. The van der Waals surface area contributed by atoms with Crippen molar-refractivity contribution in [2.24, 2.45) is 5.92 Å². The summed E-state index contributed by atoms with van der Waals surface area (Å²) >= 11 is 0. The minimum atomic E-state index is -0.00782. The molecule has 1 fully saturated rings. The zero-order valence-electron chi connectivity index (χ0n) is 12.9. The normalized spacial score (nSPS) is 18.4. The van der Waals surface area contributed by atoms with Crippen LogP contribution in [0.15, 0.2) is 18.2 Å². The Morgan fingerprint density at radius 3 is 2.76 bits per heavy atom. The van der Waals surface area contributed by atoms with Gasteiger partial charge in [-0.25, -0.2) is 0 Å². The van der Waals surface area contributed by atoms with Gasteiger partial charge < -0.3 is 19.1 Å². The molecule has 116 valence electrons. The Bertz CT molecular complexity index is 487. The van der Waals surface area contributed by atoms with Gasteiger partial charge in [0.25, 0.3) is 5.91 Å². The third-order valence-electron chi connectivity index (χ3n) is 3.84. The van der Waals surface area contributed by atoms with Gasteiger partial charge >= 0.3 is 0 Å². The molecule has 21 heavy (non-hydrogen) atoms. The molecule has 0 aliphatic carbocycles. The summed E-state index contributed by atoms with van der Waals surface area (Å²) in [5.41, 5.74) is 0.551. The van der Waals surface area contributed by atoms with Crippen molar-refractivity contribution in [2.75, 3.05) is 41.0 Å². The number of rotatable bonds is 5. The molecule has 1 heterocycles. The third kappa shape index (κ3) is 3.47. The number of piperidine rings is 1. The van der Waals surface area contributed by atoms with Crippen molar-refractivity contribution in [3.05, 3.63) is 23.8 Å². The molecule has 0 radical (unpaired) electrons. The van der Waals surface area contributed by atoms with Crippen molar-refractivity contribution >= 4 is 5.91 Å². The summed E-state index contributed by atoms with van der Waals surface area (Å²) in [5, 5.41) is 0. The van der Waals surface area contributed by atoms with Gasteiger partial charge in [-0.15, -0.1) is 0 Å². The van der Waals surface area contributed by atoms with Crippen molar-refractivity contribution in [3.8, 4) is 11.5 Å². The predicted octanol–water partition coefficient (Wildman–Crippen LogP) is 2.20. The highest BCUT2D eigenvalue weighted by Crippen LogP contribution is 2.32. The summed E-state index contributed by atoms with van der Waals surface area (Å²) < 4.78 is 15.8. The lowest BCUT2D eigenvalue weighted by molar-refractivity contribution is 0.0567. The SMILES string of the molecule is COCC1CCCN(C(=O)c2cccc(OC)c2OC)C1. The first kappa shape index (κ1) is 15.6. The summed E-state index contributed by atoms with van der Waals surface area (Å²) in [6, 6.07) is 5.38. The molecule has 0 N–H and O–H groups in total. The first-order valence-corrected chi connectivity index (χ1v) is 7.20. The summed E-state index contributed by atoms with van der Waals surface area (Å²) in [5.74, 6) is 1.48. The van der Waals surface area contributed by atoms with Crippen LogP contribution in [0.4, 0.5) is 0 Å². The van der Waals surface area contributed by atoms with E-state index < -0.39 is 0 Å². The van der Waals surface area contributed by atoms with Crippen LogP contribution in [0.25, 0.3) is 0 Å². The van der Waals surface area contributed by atoms with Crippen molar-refractivity contribution < 1.29 is 19.0 Å². The fraction of sp³-hybridized carbons (Fsp3) is 0.562. The van der Waals surface area contributed by atoms with Gasteiger partial charge in [0.2, 0.25) is 0 Å². The van der Waals surface area contributed by atoms with Crippen molar-refractivity contribution in [1.82, 2.24) is 4.90 Å². The van der Waals surface area contributed by atoms with E-state index in [1.165, 1.54) is 0 Å². The number of nitrogens with zero attached hydrogens (tertiary/aromatic N) is 1. The second-order valence-corrected chi connectivity index (χ2v) is 5.26. The van der Waals surface area contributed by atoms with E-state index in [1.807, 2.05) is 11.0 Å². The van der Waals surface area contributed by atoms with Crippen LogP contribution < -0.4 is 9.47 Å². The van der Waals surface area contributed by atoms with E-state index in [4.69, 9.17) is 14.2 Å². The minimum Gasteiger partial charge on any atom is -0.493 e. The van der Waals surface area contributed by atoms with E-state index in [1.54, 1.807) is 33.5 Å². The fourth-order valence-electron chi connectivity index (χ4n) is 2.85. The Hall–Kier alpha value is -1.75. The van der Waals surface area contributed by atoms with E-state index in [0.717, 1.165) is 25.9 Å². The second kappa shape index (κ2) is 7.31. The number of ether oxygens (including phenoxy) is 3. The molecule has 1 aliphatic rings. The molecule has 1 aromatic carbocycles. The summed E-state index contributed by atoms with van der Waals surface area (Å²) in [4.78, 5) is 14.6. The Morgan fingerprint density at radius 1 is 1.29 bits per heavy atom. The van der Waals surface area contributed by atoms with E-state index in [0.29, 0.717) is 29.6 Å². The topological polar surface area (TPSA) is 48.0 Å². The monoisotopic (exact) mass is 293 g/mol. The summed E-state index contributed by atoms with van der Waals surface area (Å²) in [6.45, 7) is 2.20. The van der Waals surface area contributed by atoms with Crippen LogP contribution in [-0.2, 0) is 4.74 Å². The van der Waals surface area contributed by atoms with Gasteiger partial charge in [0, 0.05) is 20.2 Å². The maximum atomic E-state index is 12.7. The van der Waals surface area contributed by atoms with Crippen LogP contribution >= 0.6 is 0 Å². The van der Waals surface area contributed by atoms with Gasteiger partial charge in [-0.3, -0.25) is 4.79 Å². The van der Waals surface area contributed by atoms with Gasteiger partial charge in [-0.05, 0) is 30.9 Å². The van der Waals surface area contributed by atoms with E-state index in [-0.39, 0.29) is 5.91 Å². The van der Waals surface area contributed by atoms with Crippen LogP contribution in [-0.4, -0.2) is 51.8 Å². The van der Waals surface area contributed by atoms with Gasteiger partial charge in [0.1, 0.15) is 0 Å². The van der Waals surface area contributed by atoms with E-state index in [2.05, 4.69) is 0 Å². The molecule has 0 saturated carbocycles. The lowest BCUT2D eigenvalue weighted by atomic mass is 9.98. The van der Waals surface area contributed by atoms with Crippen LogP contribution in [0.2, 0.25) is 0 Å². The predicted molar refractivity (Wildman–Crippen MR) is 80.0 cm³/mol. The standard InChI is InChI=1S/C16H23NO4/c1-19-11-12-6-5-9-17(10-12)16(18)13-7-4-8-14(20-2)15(13)21-3/h4,7-8,12H,5-6,9-11H2,1-3H3. The lowest BCUT2D eigenvalue weighted by Crippen LogP contribution is -2.41. The number of carbonyl (C=O) groups excluding carboxylic acids is 1. The molecule has 1 atom stereocenters. The number of likely N-dealkylation sites (tertiary alicyclic amines) is 1. The van der Waals surface area contributed by atoms with Crippen LogP contribution in [0, 0.1) is 5.92 Å². The smallest absolute Gasteiger partial charge is 0.257 e. The molecule has 1 amide bonds. The molecule has 1 aromatic rings.